The Hall–Kier alpha value is -2.22. The van der Waals surface area contributed by atoms with Gasteiger partial charge in [-0.05, 0) is 6.07 Å². The number of nitrogen functional groups attached to an aromatic ring is 1. The minimum atomic E-state index is -0.343. The zero-order valence-electron chi connectivity index (χ0n) is 11.2. The summed E-state index contributed by atoms with van der Waals surface area (Å²) in [5.41, 5.74) is 5.72. The van der Waals surface area contributed by atoms with Gasteiger partial charge in [0.25, 0.3) is 5.56 Å². The van der Waals surface area contributed by atoms with Crippen LogP contribution in [0, 0.1) is 0 Å². The fraction of sp³-hybridized carbons (Fsp3) is 0.333. The van der Waals surface area contributed by atoms with Gasteiger partial charge in [0.1, 0.15) is 11.6 Å². The number of nitrogens with one attached hydrogen (secondary N) is 1. The van der Waals surface area contributed by atoms with Gasteiger partial charge in [-0.1, -0.05) is 25.2 Å². The Labute approximate surface area is 119 Å². The Morgan fingerprint density at radius 2 is 2.20 bits per heavy atom. The fourth-order valence-electron chi connectivity index (χ4n) is 1.51. The van der Waals surface area contributed by atoms with Crippen LogP contribution < -0.4 is 16.6 Å². The molecule has 0 atom stereocenters. The van der Waals surface area contributed by atoms with Crippen molar-refractivity contribution in [1.29, 1.82) is 0 Å². The predicted molar refractivity (Wildman–Crippen MR) is 77.7 cm³/mol. The van der Waals surface area contributed by atoms with Gasteiger partial charge in [-0.3, -0.25) is 14.9 Å². The van der Waals surface area contributed by atoms with Crippen molar-refractivity contribution in [3.8, 4) is 0 Å². The van der Waals surface area contributed by atoms with Crippen molar-refractivity contribution in [2.75, 3.05) is 11.1 Å². The van der Waals surface area contributed by atoms with Crippen molar-refractivity contribution < 1.29 is 4.79 Å². The van der Waals surface area contributed by atoms with E-state index in [9.17, 15) is 9.59 Å². The van der Waals surface area contributed by atoms with E-state index in [4.69, 9.17) is 5.73 Å². The van der Waals surface area contributed by atoms with E-state index in [2.05, 4.69) is 15.5 Å². The van der Waals surface area contributed by atoms with Crippen LogP contribution in [0.15, 0.2) is 23.1 Å². The van der Waals surface area contributed by atoms with Gasteiger partial charge < -0.3 is 10.3 Å². The highest BCUT2D eigenvalue weighted by Crippen LogP contribution is 2.22. The number of anilines is 2. The van der Waals surface area contributed by atoms with Gasteiger partial charge in [-0.2, -0.15) is 0 Å². The predicted octanol–water partition coefficient (Wildman–Crippen LogP) is 1.04. The largest absolute Gasteiger partial charge is 0.398 e. The van der Waals surface area contributed by atoms with Crippen LogP contribution >= 0.6 is 11.3 Å². The second kappa shape index (κ2) is 5.83. The van der Waals surface area contributed by atoms with E-state index in [-0.39, 0.29) is 23.9 Å². The average molecular weight is 293 g/mol. The second-order valence-electron chi connectivity index (χ2n) is 4.58. The number of nitrogens with two attached hydrogens (primary N) is 1. The molecular formula is C12H15N5O2S. The summed E-state index contributed by atoms with van der Waals surface area (Å²) in [7, 11) is 0. The number of carbonyl (C=O) groups excluding carboxylic acids is 1. The third-order valence-electron chi connectivity index (χ3n) is 2.50. The highest BCUT2D eigenvalue weighted by molar-refractivity contribution is 7.15. The molecule has 0 saturated carbocycles. The van der Waals surface area contributed by atoms with Crippen molar-refractivity contribution in [3.63, 3.8) is 0 Å². The summed E-state index contributed by atoms with van der Waals surface area (Å²) in [4.78, 5) is 23.4. The standard InChI is InChI=1S/C12H15N5O2S/c1-7(2)11-15-16-12(20-11)14-9(18)6-17-5-8(13)3-4-10(17)19/h3-5,7H,6,13H2,1-2H3,(H,14,16,18). The van der Waals surface area contributed by atoms with Gasteiger partial charge in [-0.25, -0.2) is 0 Å². The third kappa shape index (κ3) is 3.41. The molecule has 2 aromatic rings. The van der Waals surface area contributed by atoms with Crippen LogP contribution in [0.4, 0.5) is 10.8 Å². The molecule has 2 aromatic heterocycles. The molecule has 0 aliphatic heterocycles. The molecule has 0 saturated heterocycles. The Morgan fingerprint density at radius 1 is 1.45 bits per heavy atom. The summed E-state index contributed by atoms with van der Waals surface area (Å²) < 4.78 is 1.25. The van der Waals surface area contributed by atoms with E-state index in [0.717, 1.165) is 5.01 Å². The maximum absolute atomic E-state index is 11.9. The number of rotatable bonds is 4. The van der Waals surface area contributed by atoms with Crippen LogP contribution in [0.25, 0.3) is 0 Å². The molecule has 0 aromatic carbocycles. The fourth-order valence-corrected chi connectivity index (χ4v) is 2.27. The molecule has 2 rings (SSSR count). The van der Waals surface area contributed by atoms with Crippen LogP contribution in [0.3, 0.4) is 0 Å². The zero-order chi connectivity index (χ0) is 14.7. The minimum absolute atomic E-state index is 0.111. The lowest BCUT2D eigenvalue weighted by Gasteiger charge is -2.05. The number of aromatic nitrogens is 3. The normalized spacial score (nSPS) is 10.8. The van der Waals surface area contributed by atoms with Gasteiger partial charge in [0.15, 0.2) is 0 Å². The molecule has 2 heterocycles. The molecule has 0 aliphatic rings. The lowest BCUT2D eigenvalue weighted by atomic mass is 10.2. The smallest absolute Gasteiger partial charge is 0.251 e. The van der Waals surface area contributed by atoms with E-state index < -0.39 is 0 Å². The molecule has 0 fully saturated rings. The minimum Gasteiger partial charge on any atom is -0.398 e. The molecule has 0 aliphatic carbocycles. The molecule has 0 radical (unpaired) electrons. The Bertz CT molecular complexity index is 676. The average Bonchev–Trinajstić information content (AvgIpc) is 2.82. The zero-order valence-corrected chi connectivity index (χ0v) is 12.0. The lowest BCUT2D eigenvalue weighted by molar-refractivity contribution is -0.116. The van der Waals surface area contributed by atoms with E-state index in [1.165, 1.54) is 34.2 Å². The van der Waals surface area contributed by atoms with Gasteiger partial charge in [0.05, 0.1) is 0 Å². The summed E-state index contributed by atoms with van der Waals surface area (Å²) in [6.07, 6.45) is 1.43. The maximum atomic E-state index is 11.9. The van der Waals surface area contributed by atoms with E-state index in [1.807, 2.05) is 13.8 Å². The summed E-state index contributed by atoms with van der Waals surface area (Å²) in [5, 5.41) is 11.7. The SMILES string of the molecule is CC(C)c1nnc(NC(=O)Cn2cc(N)ccc2=O)s1. The van der Waals surface area contributed by atoms with Crippen LogP contribution in [0.2, 0.25) is 0 Å². The molecule has 1 amide bonds. The van der Waals surface area contributed by atoms with Crippen molar-refractivity contribution >= 4 is 28.1 Å². The van der Waals surface area contributed by atoms with Crippen LogP contribution in [-0.2, 0) is 11.3 Å². The third-order valence-corrected chi connectivity index (χ3v) is 3.64. The molecule has 20 heavy (non-hydrogen) atoms. The van der Waals surface area contributed by atoms with Gasteiger partial charge in [0.2, 0.25) is 11.0 Å². The summed E-state index contributed by atoms with van der Waals surface area (Å²) >= 11 is 1.32. The molecular weight excluding hydrogens is 278 g/mol. The van der Waals surface area contributed by atoms with E-state index >= 15 is 0 Å². The number of hydrogen-bond acceptors (Lipinski definition) is 6. The first kappa shape index (κ1) is 14.2. The van der Waals surface area contributed by atoms with Crippen LogP contribution in [-0.4, -0.2) is 20.7 Å². The Balaban J connectivity index is 2.05. The first-order valence-electron chi connectivity index (χ1n) is 6.05. The summed E-state index contributed by atoms with van der Waals surface area (Å²) in [5.74, 6) is -0.0844. The lowest BCUT2D eigenvalue weighted by Crippen LogP contribution is -2.26. The molecule has 8 heteroatoms. The van der Waals surface area contributed by atoms with Crippen LogP contribution in [0.5, 0.6) is 0 Å². The second-order valence-corrected chi connectivity index (χ2v) is 5.59. The first-order chi connectivity index (χ1) is 9.45. The van der Waals surface area contributed by atoms with Gasteiger partial charge in [0, 0.05) is 23.9 Å². The monoisotopic (exact) mass is 293 g/mol. The number of nitrogens with zero attached hydrogens (tertiary/aromatic N) is 3. The molecule has 0 bridgehead atoms. The quantitative estimate of drug-likeness (QED) is 0.877. The molecule has 106 valence electrons. The highest BCUT2D eigenvalue weighted by Gasteiger charge is 2.11. The van der Waals surface area contributed by atoms with Crippen molar-refractivity contribution in [2.45, 2.75) is 26.3 Å². The number of carbonyl (C=O) groups is 1. The maximum Gasteiger partial charge on any atom is 0.251 e. The number of amides is 1. The van der Waals surface area contributed by atoms with E-state index in [1.54, 1.807) is 0 Å². The number of hydrogen-bond donors (Lipinski definition) is 2. The molecule has 3 N–H and O–H groups in total. The van der Waals surface area contributed by atoms with Gasteiger partial charge >= 0.3 is 0 Å². The summed E-state index contributed by atoms with van der Waals surface area (Å²) in [6.45, 7) is 3.89. The Morgan fingerprint density at radius 3 is 2.85 bits per heavy atom. The van der Waals surface area contributed by atoms with Crippen molar-refractivity contribution in [2.24, 2.45) is 0 Å². The summed E-state index contributed by atoms with van der Waals surface area (Å²) in [6, 6.07) is 2.82. The Kier molecular flexibility index (Phi) is 4.14. The molecule has 0 unspecified atom stereocenters. The molecule has 0 spiro atoms. The molecule has 7 nitrogen and oxygen atoms in total. The van der Waals surface area contributed by atoms with E-state index in [0.29, 0.717) is 10.8 Å². The van der Waals surface area contributed by atoms with Crippen molar-refractivity contribution in [1.82, 2.24) is 14.8 Å². The van der Waals surface area contributed by atoms with Gasteiger partial charge in [-0.15, -0.1) is 10.2 Å². The number of pyridine rings is 1. The topological polar surface area (TPSA) is 103 Å². The van der Waals surface area contributed by atoms with Crippen molar-refractivity contribution in [3.05, 3.63) is 33.7 Å². The first-order valence-corrected chi connectivity index (χ1v) is 6.86. The highest BCUT2D eigenvalue weighted by atomic mass is 32.1. The van der Waals surface area contributed by atoms with Crippen LogP contribution in [0.1, 0.15) is 24.8 Å².